The Kier molecular flexibility index (Phi) is 2.44. The third kappa shape index (κ3) is 1.56. The highest BCUT2D eigenvalue weighted by Gasteiger charge is 2.13. The van der Waals surface area contributed by atoms with E-state index in [1.54, 1.807) is 19.2 Å². The van der Waals surface area contributed by atoms with Gasteiger partial charge in [-0.15, -0.1) is 0 Å². The van der Waals surface area contributed by atoms with Crippen molar-refractivity contribution in [1.82, 2.24) is 4.98 Å². The number of carbonyl (C=O) groups excluding carboxylic acids is 1. The zero-order valence-electron chi connectivity index (χ0n) is 8.69. The molecule has 0 spiro atoms. The molecular weight excluding hydrogens is 208 g/mol. The number of non-ortho nitro benzene ring substituents is 1. The Hall–Kier alpha value is -2.17. The van der Waals surface area contributed by atoms with E-state index >= 15 is 0 Å². The van der Waals surface area contributed by atoms with Crippen LogP contribution in [0.5, 0.6) is 0 Å². The van der Waals surface area contributed by atoms with E-state index in [4.69, 9.17) is 0 Å². The van der Waals surface area contributed by atoms with E-state index in [0.29, 0.717) is 17.4 Å². The van der Waals surface area contributed by atoms with E-state index in [9.17, 15) is 14.9 Å². The van der Waals surface area contributed by atoms with Crippen LogP contribution in [0, 0.1) is 10.1 Å². The van der Waals surface area contributed by atoms with E-state index < -0.39 is 4.92 Å². The molecule has 5 heteroatoms. The van der Waals surface area contributed by atoms with Gasteiger partial charge in [0, 0.05) is 41.2 Å². The maximum Gasteiger partial charge on any atom is 0.270 e. The minimum absolute atomic E-state index is 0.00254. The highest BCUT2D eigenvalue weighted by molar-refractivity contribution is 6.08. The Morgan fingerprint density at radius 2 is 2.25 bits per heavy atom. The Morgan fingerprint density at radius 3 is 2.88 bits per heavy atom. The summed E-state index contributed by atoms with van der Waals surface area (Å²) in [5.41, 5.74) is 1.25. The molecular formula is C11H10N2O3. The number of Topliss-reactive ketones (excluding diaryl/α,β-unsaturated/α-hetero) is 1. The molecule has 2 aromatic rings. The van der Waals surface area contributed by atoms with Gasteiger partial charge in [-0.2, -0.15) is 0 Å². The summed E-state index contributed by atoms with van der Waals surface area (Å²) >= 11 is 0. The van der Waals surface area contributed by atoms with Crippen molar-refractivity contribution in [3.8, 4) is 0 Å². The monoisotopic (exact) mass is 218 g/mol. The summed E-state index contributed by atoms with van der Waals surface area (Å²) < 4.78 is 0. The first-order valence-electron chi connectivity index (χ1n) is 4.92. The van der Waals surface area contributed by atoms with Crippen LogP contribution in [0.2, 0.25) is 0 Å². The molecule has 0 fully saturated rings. The van der Waals surface area contributed by atoms with Crippen LogP contribution in [-0.4, -0.2) is 15.7 Å². The lowest BCUT2D eigenvalue weighted by molar-refractivity contribution is -0.384. The SMILES string of the molecule is CCC(=O)c1c[nH]c2ccc([N+](=O)[O-])cc12. The lowest BCUT2D eigenvalue weighted by atomic mass is 10.1. The second-order valence-electron chi connectivity index (χ2n) is 3.47. The maximum absolute atomic E-state index is 11.6. The molecule has 0 amide bonds. The molecule has 0 atom stereocenters. The van der Waals surface area contributed by atoms with Crippen LogP contribution < -0.4 is 0 Å². The molecule has 1 N–H and O–H groups in total. The lowest BCUT2D eigenvalue weighted by Gasteiger charge is -1.95. The lowest BCUT2D eigenvalue weighted by Crippen LogP contribution is -1.94. The first kappa shape index (κ1) is 10.4. The van der Waals surface area contributed by atoms with E-state index in [2.05, 4.69) is 4.98 Å². The number of rotatable bonds is 3. The standard InChI is InChI=1S/C11H10N2O3/c1-2-11(14)9-6-12-10-4-3-7(13(15)16)5-8(9)10/h3-6,12H,2H2,1H3. The second-order valence-corrected chi connectivity index (χ2v) is 3.47. The summed E-state index contributed by atoms with van der Waals surface area (Å²) in [7, 11) is 0. The summed E-state index contributed by atoms with van der Waals surface area (Å²) in [6.07, 6.45) is 1.98. The van der Waals surface area contributed by atoms with E-state index in [0.717, 1.165) is 5.52 Å². The highest BCUT2D eigenvalue weighted by atomic mass is 16.6. The Balaban J connectivity index is 2.64. The third-order valence-corrected chi connectivity index (χ3v) is 2.50. The summed E-state index contributed by atoms with van der Waals surface area (Å²) in [6.45, 7) is 1.76. The van der Waals surface area contributed by atoms with Crippen molar-refractivity contribution < 1.29 is 9.72 Å². The molecule has 5 nitrogen and oxygen atoms in total. The van der Waals surface area contributed by atoms with Crippen molar-refractivity contribution in [2.24, 2.45) is 0 Å². The van der Waals surface area contributed by atoms with E-state index in [1.165, 1.54) is 12.1 Å². The smallest absolute Gasteiger partial charge is 0.270 e. The molecule has 2 rings (SSSR count). The molecule has 0 unspecified atom stereocenters. The normalized spacial score (nSPS) is 10.6. The molecule has 0 saturated carbocycles. The van der Waals surface area contributed by atoms with Gasteiger partial charge in [0.2, 0.25) is 0 Å². The number of nitrogens with one attached hydrogen (secondary N) is 1. The molecule has 0 aliphatic carbocycles. The zero-order valence-corrected chi connectivity index (χ0v) is 8.69. The zero-order chi connectivity index (χ0) is 11.7. The number of aromatic amines is 1. The number of carbonyl (C=O) groups is 1. The summed E-state index contributed by atoms with van der Waals surface area (Å²) in [4.78, 5) is 24.7. The van der Waals surface area contributed by atoms with Crippen molar-refractivity contribution in [3.63, 3.8) is 0 Å². The predicted octanol–water partition coefficient (Wildman–Crippen LogP) is 2.67. The number of benzene rings is 1. The van der Waals surface area contributed by atoms with Crippen LogP contribution in [0.1, 0.15) is 23.7 Å². The van der Waals surface area contributed by atoms with Crippen molar-refractivity contribution in [1.29, 1.82) is 0 Å². The fraction of sp³-hybridized carbons (Fsp3) is 0.182. The van der Waals surface area contributed by atoms with E-state index in [1.807, 2.05) is 0 Å². The predicted molar refractivity (Wildman–Crippen MR) is 59.6 cm³/mol. The molecule has 82 valence electrons. The molecule has 0 radical (unpaired) electrons. The molecule has 0 aliphatic rings. The van der Waals surface area contributed by atoms with Gasteiger partial charge in [-0.3, -0.25) is 14.9 Å². The number of fused-ring (bicyclic) bond motifs is 1. The van der Waals surface area contributed by atoms with Gasteiger partial charge >= 0.3 is 0 Å². The molecule has 0 bridgehead atoms. The van der Waals surface area contributed by atoms with Gasteiger partial charge in [-0.1, -0.05) is 6.92 Å². The number of hydrogen-bond donors (Lipinski definition) is 1. The summed E-state index contributed by atoms with van der Waals surface area (Å²) in [5, 5.41) is 11.2. The van der Waals surface area contributed by atoms with Gasteiger partial charge in [0.1, 0.15) is 0 Å². The van der Waals surface area contributed by atoms with Gasteiger partial charge in [-0.05, 0) is 6.07 Å². The van der Waals surface area contributed by atoms with Gasteiger partial charge < -0.3 is 4.98 Å². The van der Waals surface area contributed by atoms with Crippen molar-refractivity contribution in [2.75, 3.05) is 0 Å². The van der Waals surface area contributed by atoms with Gasteiger partial charge in [-0.25, -0.2) is 0 Å². The van der Waals surface area contributed by atoms with Crippen LogP contribution in [0.15, 0.2) is 24.4 Å². The van der Waals surface area contributed by atoms with Crippen LogP contribution in [0.4, 0.5) is 5.69 Å². The first-order chi connectivity index (χ1) is 7.63. The largest absolute Gasteiger partial charge is 0.360 e. The molecule has 1 aromatic carbocycles. The molecule has 1 aromatic heterocycles. The minimum Gasteiger partial charge on any atom is -0.360 e. The maximum atomic E-state index is 11.6. The van der Waals surface area contributed by atoms with E-state index in [-0.39, 0.29) is 11.5 Å². The Labute approximate surface area is 91.2 Å². The Morgan fingerprint density at radius 1 is 1.50 bits per heavy atom. The molecule has 1 heterocycles. The number of H-pyrrole nitrogens is 1. The highest BCUT2D eigenvalue weighted by Crippen LogP contribution is 2.24. The molecule has 16 heavy (non-hydrogen) atoms. The third-order valence-electron chi connectivity index (χ3n) is 2.50. The van der Waals surface area contributed by atoms with Gasteiger partial charge in [0.05, 0.1) is 4.92 Å². The number of hydrogen-bond acceptors (Lipinski definition) is 3. The summed E-state index contributed by atoms with van der Waals surface area (Å²) in [5.74, 6) is -0.0215. The quantitative estimate of drug-likeness (QED) is 0.488. The average Bonchev–Trinajstić information content (AvgIpc) is 2.70. The summed E-state index contributed by atoms with van der Waals surface area (Å²) in [6, 6.07) is 4.45. The number of nitro groups is 1. The first-order valence-corrected chi connectivity index (χ1v) is 4.92. The fourth-order valence-corrected chi connectivity index (χ4v) is 1.64. The van der Waals surface area contributed by atoms with Crippen LogP contribution >= 0.6 is 0 Å². The van der Waals surface area contributed by atoms with Crippen LogP contribution in [0.25, 0.3) is 10.9 Å². The second kappa shape index (κ2) is 3.77. The number of aromatic nitrogens is 1. The Bertz CT molecular complexity index is 572. The molecule has 0 saturated heterocycles. The average molecular weight is 218 g/mol. The van der Waals surface area contributed by atoms with Crippen molar-refractivity contribution in [3.05, 3.63) is 40.1 Å². The topological polar surface area (TPSA) is 76.0 Å². The number of ketones is 1. The van der Waals surface area contributed by atoms with Gasteiger partial charge in [0.25, 0.3) is 5.69 Å². The molecule has 0 aliphatic heterocycles. The number of nitrogens with zero attached hydrogens (tertiary/aromatic N) is 1. The van der Waals surface area contributed by atoms with Gasteiger partial charge in [0.15, 0.2) is 5.78 Å². The fourth-order valence-electron chi connectivity index (χ4n) is 1.64. The van der Waals surface area contributed by atoms with Crippen LogP contribution in [-0.2, 0) is 0 Å². The van der Waals surface area contributed by atoms with Crippen LogP contribution in [0.3, 0.4) is 0 Å². The minimum atomic E-state index is -0.466. The number of nitro benzene ring substituents is 1. The van der Waals surface area contributed by atoms with Crippen molar-refractivity contribution >= 4 is 22.4 Å². The van der Waals surface area contributed by atoms with Crippen molar-refractivity contribution in [2.45, 2.75) is 13.3 Å².